The third kappa shape index (κ3) is 3.30. The van der Waals surface area contributed by atoms with Crippen molar-refractivity contribution < 1.29 is 17.6 Å². The molecule has 0 radical (unpaired) electrons. The SMILES string of the molecule is CC1Cc2c(c3cccc(F)c3n2CCc2ccc(C(F)(F)F)cc2)CN1C. The zero-order valence-electron chi connectivity index (χ0n) is 15.9. The minimum absolute atomic E-state index is 0.255. The number of aromatic nitrogens is 1. The Hall–Kier alpha value is -2.34. The molecule has 0 saturated heterocycles. The highest BCUT2D eigenvalue weighted by Crippen LogP contribution is 2.34. The second-order valence-electron chi connectivity index (χ2n) is 7.63. The second-order valence-corrected chi connectivity index (χ2v) is 7.63. The van der Waals surface area contributed by atoms with Gasteiger partial charge in [0.15, 0.2) is 0 Å². The molecule has 1 unspecified atom stereocenters. The second kappa shape index (κ2) is 6.92. The average molecular weight is 390 g/mol. The monoisotopic (exact) mass is 390 g/mol. The summed E-state index contributed by atoms with van der Waals surface area (Å²) in [6.45, 7) is 3.45. The first kappa shape index (κ1) is 19.0. The van der Waals surface area contributed by atoms with Crippen LogP contribution in [0.5, 0.6) is 0 Å². The van der Waals surface area contributed by atoms with Gasteiger partial charge in [-0.15, -0.1) is 0 Å². The number of aryl methyl sites for hydroxylation is 2. The summed E-state index contributed by atoms with van der Waals surface area (Å²) in [7, 11) is 2.07. The Balaban J connectivity index is 1.68. The fourth-order valence-electron chi connectivity index (χ4n) is 4.09. The van der Waals surface area contributed by atoms with Crippen molar-refractivity contribution in [3.05, 3.63) is 70.7 Å². The zero-order valence-corrected chi connectivity index (χ0v) is 15.9. The number of fused-ring (bicyclic) bond motifs is 3. The lowest BCUT2D eigenvalue weighted by molar-refractivity contribution is -0.137. The predicted octanol–water partition coefficient (Wildman–Crippen LogP) is 5.42. The van der Waals surface area contributed by atoms with Crippen molar-refractivity contribution in [2.24, 2.45) is 0 Å². The highest BCUT2D eigenvalue weighted by molar-refractivity contribution is 5.86. The smallest absolute Gasteiger partial charge is 0.342 e. The normalized spacial score (nSPS) is 17.9. The maximum absolute atomic E-state index is 14.7. The van der Waals surface area contributed by atoms with E-state index in [1.54, 1.807) is 6.07 Å². The summed E-state index contributed by atoms with van der Waals surface area (Å²) in [6, 6.07) is 10.7. The van der Waals surface area contributed by atoms with Crippen LogP contribution in [0.15, 0.2) is 42.5 Å². The van der Waals surface area contributed by atoms with Crippen LogP contribution < -0.4 is 0 Å². The van der Waals surface area contributed by atoms with Crippen molar-refractivity contribution in [1.82, 2.24) is 9.47 Å². The van der Waals surface area contributed by atoms with Crippen LogP contribution >= 0.6 is 0 Å². The number of nitrogens with zero attached hydrogens (tertiary/aromatic N) is 2. The van der Waals surface area contributed by atoms with Gasteiger partial charge in [0.05, 0.1) is 11.1 Å². The van der Waals surface area contributed by atoms with Crippen LogP contribution in [0, 0.1) is 5.82 Å². The number of halogens is 4. The molecular formula is C22H22F4N2. The van der Waals surface area contributed by atoms with Gasteiger partial charge in [0.1, 0.15) is 5.82 Å². The summed E-state index contributed by atoms with van der Waals surface area (Å²) in [5, 5.41) is 0.932. The van der Waals surface area contributed by atoms with Crippen molar-refractivity contribution in [2.45, 2.75) is 45.1 Å². The minimum atomic E-state index is -4.33. The van der Waals surface area contributed by atoms with Crippen molar-refractivity contribution in [1.29, 1.82) is 0 Å². The Kier molecular flexibility index (Phi) is 4.70. The molecule has 0 saturated carbocycles. The van der Waals surface area contributed by atoms with Gasteiger partial charge < -0.3 is 4.57 Å². The molecule has 0 bridgehead atoms. The summed E-state index contributed by atoms with van der Waals surface area (Å²) < 4.78 is 55.0. The molecule has 3 aromatic rings. The average Bonchev–Trinajstić information content (AvgIpc) is 2.94. The molecule has 6 heteroatoms. The number of rotatable bonds is 3. The Morgan fingerprint density at radius 3 is 2.46 bits per heavy atom. The first-order valence-corrected chi connectivity index (χ1v) is 9.40. The topological polar surface area (TPSA) is 8.17 Å². The van der Waals surface area contributed by atoms with Gasteiger partial charge in [-0.2, -0.15) is 13.2 Å². The predicted molar refractivity (Wildman–Crippen MR) is 102 cm³/mol. The molecule has 2 heterocycles. The molecule has 2 aromatic carbocycles. The fraction of sp³-hybridized carbons (Fsp3) is 0.364. The number of hydrogen-bond acceptors (Lipinski definition) is 1. The molecule has 0 amide bonds. The molecule has 0 fully saturated rings. The first-order valence-electron chi connectivity index (χ1n) is 9.40. The molecule has 0 spiro atoms. The number of benzene rings is 2. The largest absolute Gasteiger partial charge is 0.416 e. The van der Waals surface area contributed by atoms with Gasteiger partial charge in [-0.1, -0.05) is 24.3 Å². The van der Waals surface area contributed by atoms with Gasteiger partial charge in [-0.3, -0.25) is 4.90 Å². The van der Waals surface area contributed by atoms with E-state index in [1.807, 2.05) is 10.6 Å². The van der Waals surface area contributed by atoms with Gasteiger partial charge in [0.25, 0.3) is 0 Å². The van der Waals surface area contributed by atoms with Gasteiger partial charge in [-0.25, -0.2) is 4.39 Å². The molecule has 0 aliphatic carbocycles. The Morgan fingerprint density at radius 2 is 1.79 bits per heavy atom. The van der Waals surface area contributed by atoms with Crippen molar-refractivity contribution in [3.8, 4) is 0 Å². The highest BCUT2D eigenvalue weighted by Gasteiger charge is 2.30. The van der Waals surface area contributed by atoms with Crippen LogP contribution in [0.2, 0.25) is 0 Å². The van der Waals surface area contributed by atoms with E-state index in [4.69, 9.17) is 0 Å². The molecule has 1 aliphatic rings. The molecule has 2 nitrogen and oxygen atoms in total. The van der Waals surface area contributed by atoms with Crippen molar-refractivity contribution in [3.63, 3.8) is 0 Å². The third-order valence-corrected chi connectivity index (χ3v) is 5.81. The van der Waals surface area contributed by atoms with E-state index in [1.165, 1.54) is 18.2 Å². The van der Waals surface area contributed by atoms with E-state index in [0.29, 0.717) is 24.5 Å². The number of likely N-dealkylation sites (N-methyl/N-ethyl adjacent to an activating group) is 1. The molecule has 1 atom stereocenters. The van der Waals surface area contributed by atoms with Gasteiger partial charge >= 0.3 is 6.18 Å². The van der Waals surface area contributed by atoms with Crippen LogP contribution in [0.1, 0.15) is 29.3 Å². The standard InChI is InChI=1S/C22H22F4N2/c1-14-12-20-18(13-27(14)2)17-4-3-5-19(23)21(17)28(20)11-10-15-6-8-16(9-7-15)22(24,25)26/h3-9,14H,10-13H2,1-2H3. The van der Waals surface area contributed by atoms with Crippen LogP contribution in [-0.2, 0) is 32.1 Å². The summed E-state index contributed by atoms with van der Waals surface area (Å²) in [4.78, 5) is 2.26. The summed E-state index contributed by atoms with van der Waals surface area (Å²) in [6.07, 6.45) is -2.96. The Labute approximate surface area is 161 Å². The molecule has 0 N–H and O–H groups in total. The number of para-hydroxylation sites is 1. The van der Waals surface area contributed by atoms with E-state index >= 15 is 0 Å². The molecular weight excluding hydrogens is 368 g/mol. The molecule has 1 aromatic heterocycles. The van der Waals surface area contributed by atoms with Crippen molar-refractivity contribution >= 4 is 10.9 Å². The lowest BCUT2D eigenvalue weighted by atomic mass is 10.00. The van der Waals surface area contributed by atoms with E-state index < -0.39 is 11.7 Å². The van der Waals surface area contributed by atoms with Crippen LogP contribution in [0.25, 0.3) is 10.9 Å². The number of alkyl halides is 3. The summed E-state index contributed by atoms with van der Waals surface area (Å²) >= 11 is 0. The van der Waals surface area contributed by atoms with Crippen LogP contribution in [0.4, 0.5) is 17.6 Å². The van der Waals surface area contributed by atoms with Gasteiger partial charge in [0.2, 0.25) is 0 Å². The van der Waals surface area contributed by atoms with E-state index in [9.17, 15) is 17.6 Å². The van der Waals surface area contributed by atoms with Crippen LogP contribution in [-0.4, -0.2) is 22.6 Å². The lowest BCUT2D eigenvalue weighted by Gasteiger charge is -2.31. The Morgan fingerprint density at radius 1 is 1.07 bits per heavy atom. The summed E-state index contributed by atoms with van der Waals surface area (Å²) in [5.41, 5.74) is 3.05. The van der Waals surface area contributed by atoms with Crippen molar-refractivity contribution in [2.75, 3.05) is 7.05 Å². The molecule has 4 rings (SSSR count). The quantitative estimate of drug-likeness (QED) is 0.542. The third-order valence-electron chi connectivity index (χ3n) is 5.81. The molecule has 1 aliphatic heterocycles. The first-order chi connectivity index (χ1) is 13.3. The minimum Gasteiger partial charge on any atom is -0.342 e. The Bertz CT molecular complexity index is 1000. The maximum atomic E-state index is 14.7. The molecule has 28 heavy (non-hydrogen) atoms. The highest BCUT2D eigenvalue weighted by atomic mass is 19.4. The summed E-state index contributed by atoms with van der Waals surface area (Å²) in [5.74, 6) is -0.255. The number of hydrogen-bond donors (Lipinski definition) is 0. The van der Waals surface area contributed by atoms with E-state index in [2.05, 4.69) is 18.9 Å². The fourth-order valence-corrected chi connectivity index (χ4v) is 4.09. The maximum Gasteiger partial charge on any atom is 0.416 e. The van der Waals surface area contributed by atoms with E-state index in [-0.39, 0.29) is 5.82 Å². The molecule has 148 valence electrons. The lowest BCUT2D eigenvalue weighted by Crippen LogP contribution is -2.35. The van der Waals surface area contributed by atoms with Gasteiger partial charge in [0, 0.05) is 36.6 Å². The van der Waals surface area contributed by atoms with Gasteiger partial charge in [-0.05, 0) is 49.7 Å². The van der Waals surface area contributed by atoms with Crippen LogP contribution in [0.3, 0.4) is 0 Å². The zero-order chi connectivity index (χ0) is 20.1. The van der Waals surface area contributed by atoms with E-state index in [0.717, 1.165) is 47.3 Å².